The minimum absolute atomic E-state index is 0.0486. The van der Waals surface area contributed by atoms with E-state index in [0.29, 0.717) is 18.0 Å². The summed E-state index contributed by atoms with van der Waals surface area (Å²) in [7, 11) is 0. The molecule has 1 aromatic heterocycles. The molecule has 1 saturated heterocycles. The first-order valence-corrected chi connectivity index (χ1v) is 6.09. The smallest absolute Gasteiger partial charge is 0.251 e. The van der Waals surface area contributed by atoms with E-state index in [1.165, 1.54) is 6.07 Å². The van der Waals surface area contributed by atoms with Crippen molar-refractivity contribution in [1.29, 1.82) is 0 Å². The molecule has 0 aromatic carbocycles. The monoisotopic (exact) mass is 270 g/mol. The zero-order valence-electron chi connectivity index (χ0n) is 9.78. The molecule has 7 heteroatoms. The fourth-order valence-corrected chi connectivity index (χ4v) is 2.03. The molecule has 6 nitrogen and oxygen atoms in total. The third-order valence-electron chi connectivity index (χ3n) is 2.70. The molecule has 4 N–H and O–H groups in total. The third kappa shape index (κ3) is 3.32. The van der Waals surface area contributed by atoms with Gasteiger partial charge in [-0.25, -0.2) is 10.8 Å². The number of nitrogens with zero attached hydrogens (tertiary/aromatic N) is 1. The van der Waals surface area contributed by atoms with Crippen LogP contribution in [0.1, 0.15) is 23.2 Å². The van der Waals surface area contributed by atoms with E-state index in [-0.39, 0.29) is 17.1 Å². The van der Waals surface area contributed by atoms with Crippen LogP contribution in [-0.2, 0) is 4.74 Å². The van der Waals surface area contributed by atoms with Crippen molar-refractivity contribution in [2.24, 2.45) is 5.84 Å². The van der Waals surface area contributed by atoms with E-state index >= 15 is 0 Å². The number of nitrogens with one attached hydrogen (secondary N) is 2. The van der Waals surface area contributed by atoms with Crippen LogP contribution >= 0.6 is 11.6 Å². The largest absolute Gasteiger partial charge is 0.379 e. The number of rotatable bonds is 3. The number of aromatic nitrogens is 1. The number of amides is 1. The van der Waals surface area contributed by atoms with Crippen LogP contribution in [0, 0.1) is 0 Å². The number of nitrogen functional groups attached to an aromatic ring is 1. The summed E-state index contributed by atoms with van der Waals surface area (Å²) in [6.07, 6.45) is 1.88. The molecular formula is C11H15ClN4O2. The number of carbonyl (C=O) groups is 1. The molecule has 2 heterocycles. The lowest BCUT2D eigenvalue weighted by molar-refractivity contribution is 0.0624. The van der Waals surface area contributed by atoms with Crippen molar-refractivity contribution >= 4 is 23.3 Å². The van der Waals surface area contributed by atoms with Crippen molar-refractivity contribution in [2.45, 2.75) is 18.9 Å². The molecule has 98 valence electrons. The second-order valence-corrected chi connectivity index (χ2v) is 4.48. The first-order chi connectivity index (χ1) is 8.69. The van der Waals surface area contributed by atoms with E-state index in [9.17, 15) is 4.79 Å². The molecule has 0 saturated carbocycles. The fourth-order valence-electron chi connectivity index (χ4n) is 1.83. The number of hydrogen-bond acceptors (Lipinski definition) is 5. The Balaban J connectivity index is 2.05. The van der Waals surface area contributed by atoms with Gasteiger partial charge in [-0.05, 0) is 25.0 Å². The maximum Gasteiger partial charge on any atom is 0.251 e. The molecule has 1 unspecified atom stereocenters. The average molecular weight is 271 g/mol. The van der Waals surface area contributed by atoms with E-state index in [2.05, 4.69) is 15.7 Å². The Morgan fingerprint density at radius 3 is 3.06 bits per heavy atom. The topological polar surface area (TPSA) is 89.3 Å². The average Bonchev–Trinajstić information content (AvgIpc) is 2.39. The minimum atomic E-state index is -0.202. The number of ether oxygens (including phenoxy) is 1. The molecule has 1 aliphatic rings. The molecule has 0 bridgehead atoms. The second kappa shape index (κ2) is 5.99. The quantitative estimate of drug-likeness (QED) is 0.432. The first-order valence-electron chi connectivity index (χ1n) is 5.72. The van der Waals surface area contributed by atoms with E-state index in [1.54, 1.807) is 6.07 Å². The Hall–Kier alpha value is -1.37. The summed E-state index contributed by atoms with van der Waals surface area (Å²) < 4.78 is 5.30. The highest BCUT2D eigenvalue weighted by Gasteiger charge is 2.17. The lowest BCUT2D eigenvalue weighted by atomic mass is 10.1. The fraction of sp³-hybridized carbons (Fsp3) is 0.455. The van der Waals surface area contributed by atoms with Gasteiger partial charge in [0.05, 0.1) is 12.6 Å². The van der Waals surface area contributed by atoms with Crippen LogP contribution < -0.4 is 16.6 Å². The maximum absolute atomic E-state index is 12.0. The van der Waals surface area contributed by atoms with Gasteiger partial charge in [0.15, 0.2) is 0 Å². The van der Waals surface area contributed by atoms with E-state index in [0.717, 1.165) is 19.4 Å². The van der Waals surface area contributed by atoms with Gasteiger partial charge in [-0.2, -0.15) is 0 Å². The molecule has 1 amide bonds. The predicted molar refractivity (Wildman–Crippen MR) is 68.4 cm³/mol. The molecule has 1 fully saturated rings. The Bertz CT molecular complexity index is 435. The Kier molecular flexibility index (Phi) is 4.35. The van der Waals surface area contributed by atoms with Crippen LogP contribution in [0.15, 0.2) is 12.1 Å². The standard InChI is InChI=1S/C11H15ClN4O2/c12-9-4-7(5-10(15-9)16-13)11(17)14-8-2-1-3-18-6-8/h4-5,8H,1-3,6,13H2,(H,14,17)(H,15,16). The number of pyridine rings is 1. The lowest BCUT2D eigenvalue weighted by Gasteiger charge is -2.23. The van der Waals surface area contributed by atoms with Crippen LogP contribution in [0.5, 0.6) is 0 Å². The van der Waals surface area contributed by atoms with Crippen LogP contribution in [0.4, 0.5) is 5.82 Å². The third-order valence-corrected chi connectivity index (χ3v) is 2.89. The Labute approximate surface area is 110 Å². The molecule has 0 spiro atoms. The van der Waals surface area contributed by atoms with Gasteiger partial charge in [0, 0.05) is 12.2 Å². The van der Waals surface area contributed by atoms with Gasteiger partial charge in [-0.1, -0.05) is 11.6 Å². The van der Waals surface area contributed by atoms with Gasteiger partial charge in [0.25, 0.3) is 5.91 Å². The van der Waals surface area contributed by atoms with Crippen molar-refractivity contribution in [2.75, 3.05) is 18.6 Å². The molecule has 1 aromatic rings. The molecule has 1 aliphatic heterocycles. The molecular weight excluding hydrogens is 256 g/mol. The number of carbonyl (C=O) groups excluding carboxylic acids is 1. The summed E-state index contributed by atoms with van der Waals surface area (Å²) >= 11 is 5.80. The van der Waals surface area contributed by atoms with Gasteiger partial charge in [0.2, 0.25) is 0 Å². The van der Waals surface area contributed by atoms with Gasteiger partial charge in [0.1, 0.15) is 11.0 Å². The Morgan fingerprint density at radius 2 is 2.39 bits per heavy atom. The number of nitrogens with two attached hydrogens (primary N) is 1. The van der Waals surface area contributed by atoms with Crippen LogP contribution in [0.25, 0.3) is 0 Å². The molecule has 1 atom stereocenters. The molecule has 0 aliphatic carbocycles. The van der Waals surface area contributed by atoms with Crippen molar-refractivity contribution in [3.63, 3.8) is 0 Å². The van der Waals surface area contributed by atoms with Crippen molar-refractivity contribution in [1.82, 2.24) is 10.3 Å². The van der Waals surface area contributed by atoms with Crippen molar-refractivity contribution < 1.29 is 9.53 Å². The predicted octanol–water partition coefficient (Wildman–Crippen LogP) is 0.929. The van der Waals surface area contributed by atoms with Gasteiger partial charge in [-0.15, -0.1) is 0 Å². The lowest BCUT2D eigenvalue weighted by Crippen LogP contribution is -2.40. The van der Waals surface area contributed by atoms with Crippen LogP contribution in [0.3, 0.4) is 0 Å². The maximum atomic E-state index is 12.0. The number of hydrogen-bond donors (Lipinski definition) is 3. The van der Waals surface area contributed by atoms with Crippen molar-refractivity contribution in [3.05, 3.63) is 22.8 Å². The summed E-state index contributed by atoms with van der Waals surface area (Å²) in [5.74, 6) is 5.40. The molecule has 0 radical (unpaired) electrons. The first kappa shape index (κ1) is 13.1. The van der Waals surface area contributed by atoms with E-state index in [4.69, 9.17) is 22.2 Å². The van der Waals surface area contributed by atoms with Gasteiger partial charge >= 0.3 is 0 Å². The zero-order chi connectivity index (χ0) is 13.0. The normalized spacial score (nSPS) is 19.3. The summed E-state index contributed by atoms with van der Waals surface area (Å²) in [5, 5.41) is 3.11. The number of halogens is 1. The SMILES string of the molecule is NNc1cc(C(=O)NC2CCCOC2)cc(Cl)n1. The highest BCUT2D eigenvalue weighted by molar-refractivity contribution is 6.29. The highest BCUT2D eigenvalue weighted by atomic mass is 35.5. The zero-order valence-corrected chi connectivity index (χ0v) is 10.5. The molecule has 2 rings (SSSR count). The van der Waals surface area contributed by atoms with Gasteiger partial charge < -0.3 is 15.5 Å². The minimum Gasteiger partial charge on any atom is -0.379 e. The number of hydrazine groups is 1. The van der Waals surface area contributed by atoms with Crippen molar-refractivity contribution in [3.8, 4) is 0 Å². The van der Waals surface area contributed by atoms with Crippen LogP contribution in [-0.4, -0.2) is 30.1 Å². The highest BCUT2D eigenvalue weighted by Crippen LogP contribution is 2.14. The Morgan fingerprint density at radius 1 is 1.56 bits per heavy atom. The molecule has 18 heavy (non-hydrogen) atoms. The summed E-state index contributed by atoms with van der Waals surface area (Å²) in [5.41, 5.74) is 2.79. The summed E-state index contributed by atoms with van der Waals surface area (Å²) in [4.78, 5) is 15.9. The summed E-state index contributed by atoms with van der Waals surface area (Å²) in [6, 6.07) is 3.10. The number of anilines is 1. The second-order valence-electron chi connectivity index (χ2n) is 4.10. The van der Waals surface area contributed by atoms with Crippen LogP contribution in [0.2, 0.25) is 5.15 Å². The summed E-state index contributed by atoms with van der Waals surface area (Å²) in [6.45, 7) is 1.31. The van der Waals surface area contributed by atoms with Gasteiger partial charge in [-0.3, -0.25) is 4.79 Å². The van der Waals surface area contributed by atoms with E-state index in [1.807, 2.05) is 0 Å². The van der Waals surface area contributed by atoms with E-state index < -0.39 is 0 Å².